The van der Waals surface area contributed by atoms with E-state index in [4.69, 9.17) is 0 Å². The van der Waals surface area contributed by atoms with Gasteiger partial charge in [-0.15, -0.1) is 0 Å². The molecule has 0 aliphatic carbocycles. The van der Waals surface area contributed by atoms with Crippen molar-refractivity contribution < 1.29 is 9.90 Å². The van der Waals surface area contributed by atoms with Crippen molar-refractivity contribution in [2.75, 3.05) is 9.80 Å². The zero-order valence-corrected chi connectivity index (χ0v) is 24.4. The van der Waals surface area contributed by atoms with E-state index in [-0.39, 0.29) is 16.9 Å². The predicted octanol–water partition coefficient (Wildman–Crippen LogP) is 8.45. The summed E-state index contributed by atoms with van der Waals surface area (Å²) in [5, 5.41) is 9.95. The fourth-order valence-electron chi connectivity index (χ4n) is 6.45. The van der Waals surface area contributed by atoms with Crippen LogP contribution in [0.4, 0.5) is 17.1 Å². The van der Waals surface area contributed by atoms with Crippen LogP contribution < -0.4 is 9.80 Å². The normalized spacial score (nSPS) is 23.2. The fourth-order valence-corrected chi connectivity index (χ4v) is 6.45. The van der Waals surface area contributed by atoms with Crippen LogP contribution in [-0.2, 0) is 15.6 Å². The van der Waals surface area contributed by atoms with Crippen LogP contribution in [0.5, 0.6) is 0 Å². The molecular formula is C36H40N2O2. The largest absolute Gasteiger partial charge is 0.480 e. The van der Waals surface area contributed by atoms with Gasteiger partial charge in [0.05, 0.1) is 6.04 Å². The van der Waals surface area contributed by atoms with E-state index >= 15 is 0 Å². The number of carboxylic acid groups (broad SMARTS) is 1. The minimum Gasteiger partial charge on any atom is -0.480 e. The Kier molecular flexibility index (Phi) is 7.22. The van der Waals surface area contributed by atoms with Gasteiger partial charge in [0, 0.05) is 33.6 Å². The second-order valence-electron chi connectivity index (χ2n) is 11.8. The van der Waals surface area contributed by atoms with Crippen molar-refractivity contribution in [2.45, 2.75) is 70.9 Å². The molecule has 0 saturated carbocycles. The molecule has 2 aliphatic heterocycles. The lowest BCUT2D eigenvalue weighted by Gasteiger charge is -2.32. The molecule has 1 N–H and O–H groups in total. The maximum atomic E-state index is 12.1. The standard InChI is InChI=1S/C36H40N2O2/c1-7-36(6)29-24-25(2)22-23-31(29)37(26(3)34(39)40)33(36)21-13-9-12-20-32-35(4,5)28-18-14-15-19-30(28)38(32)27-16-10-8-11-17-27/h8-24,26,32H,7H2,1-6H3,(H,39,40)/b13-9+,20-12+,33-21+. The zero-order chi connectivity index (χ0) is 28.7. The molecule has 0 spiro atoms. The predicted molar refractivity (Wildman–Crippen MR) is 167 cm³/mol. The Morgan fingerprint density at radius 3 is 2.33 bits per heavy atom. The highest BCUT2D eigenvalue weighted by Crippen LogP contribution is 2.51. The highest BCUT2D eigenvalue weighted by molar-refractivity contribution is 5.84. The van der Waals surface area contributed by atoms with Crippen LogP contribution in [0, 0.1) is 6.92 Å². The first-order valence-electron chi connectivity index (χ1n) is 14.2. The summed E-state index contributed by atoms with van der Waals surface area (Å²) in [4.78, 5) is 16.6. The number of allylic oxidation sites excluding steroid dienone is 5. The summed E-state index contributed by atoms with van der Waals surface area (Å²) < 4.78 is 0. The third-order valence-electron chi connectivity index (χ3n) is 8.96. The number of fused-ring (bicyclic) bond motifs is 2. The molecule has 0 fully saturated rings. The Bertz CT molecular complexity index is 1500. The first-order chi connectivity index (χ1) is 19.1. The van der Waals surface area contributed by atoms with Gasteiger partial charge in [-0.25, -0.2) is 4.79 Å². The van der Waals surface area contributed by atoms with Gasteiger partial charge in [0.2, 0.25) is 0 Å². The molecule has 4 nitrogen and oxygen atoms in total. The average molecular weight is 533 g/mol. The van der Waals surface area contributed by atoms with Crippen molar-refractivity contribution in [3.8, 4) is 0 Å². The van der Waals surface area contributed by atoms with E-state index in [2.05, 4.69) is 143 Å². The lowest BCUT2D eigenvalue weighted by atomic mass is 9.78. The van der Waals surface area contributed by atoms with E-state index in [1.165, 1.54) is 28.1 Å². The van der Waals surface area contributed by atoms with Gasteiger partial charge in [0.1, 0.15) is 6.04 Å². The van der Waals surface area contributed by atoms with E-state index < -0.39 is 12.0 Å². The monoisotopic (exact) mass is 532 g/mol. The van der Waals surface area contributed by atoms with E-state index in [1.54, 1.807) is 6.92 Å². The summed E-state index contributed by atoms with van der Waals surface area (Å²) in [6.45, 7) is 12.9. The summed E-state index contributed by atoms with van der Waals surface area (Å²) in [5.74, 6) is -0.828. The number of rotatable bonds is 7. The molecule has 0 saturated heterocycles. The molecule has 40 heavy (non-hydrogen) atoms. The number of benzene rings is 3. The molecule has 3 aromatic carbocycles. The highest BCUT2D eigenvalue weighted by Gasteiger charge is 2.45. The molecule has 0 bridgehead atoms. The van der Waals surface area contributed by atoms with Crippen LogP contribution in [0.1, 0.15) is 57.7 Å². The Balaban J connectivity index is 1.49. The van der Waals surface area contributed by atoms with E-state index in [9.17, 15) is 9.90 Å². The molecule has 2 heterocycles. The summed E-state index contributed by atoms with van der Waals surface area (Å²) in [5.41, 5.74) is 7.82. The molecule has 0 radical (unpaired) electrons. The number of aryl methyl sites for hydroxylation is 1. The molecule has 0 amide bonds. The molecule has 2 aliphatic rings. The van der Waals surface area contributed by atoms with E-state index in [0.717, 1.165) is 17.8 Å². The van der Waals surface area contributed by atoms with Crippen LogP contribution in [0.3, 0.4) is 0 Å². The van der Waals surface area contributed by atoms with Crippen LogP contribution in [-0.4, -0.2) is 23.2 Å². The minimum atomic E-state index is -0.828. The second kappa shape index (κ2) is 10.5. The molecule has 5 rings (SSSR count). The SMILES string of the molecule is CCC1(C)\C(=C/C=C/C=C/C2N(c3ccccc3)c3ccccc3C2(C)C)N(C(C)C(=O)O)c2ccc(C)cc21. The topological polar surface area (TPSA) is 43.8 Å². The Morgan fingerprint density at radius 1 is 0.925 bits per heavy atom. The van der Waals surface area contributed by atoms with Crippen LogP contribution in [0.2, 0.25) is 0 Å². The number of para-hydroxylation sites is 2. The first-order valence-corrected chi connectivity index (χ1v) is 14.2. The number of hydrogen-bond donors (Lipinski definition) is 1. The van der Waals surface area contributed by atoms with Crippen molar-refractivity contribution in [1.82, 2.24) is 0 Å². The van der Waals surface area contributed by atoms with Gasteiger partial charge in [-0.1, -0.05) is 99.2 Å². The van der Waals surface area contributed by atoms with Gasteiger partial charge in [0.25, 0.3) is 0 Å². The van der Waals surface area contributed by atoms with Gasteiger partial charge in [0.15, 0.2) is 0 Å². The van der Waals surface area contributed by atoms with Crippen molar-refractivity contribution >= 4 is 23.0 Å². The van der Waals surface area contributed by atoms with Gasteiger partial charge >= 0.3 is 5.97 Å². The Hall–Kier alpha value is -4.05. The maximum Gasteiger partial charge on any atom is 0.326 e. The minimum absolute atomic E-state index is 0.0747. The third-order valence-corrected chi connectivity index (χ3v) is 8.96. The molecule has 3 atom stereocenters. The number of hydrogen-bond acceptors (Lipinski definition) is 3. The van der Waals surface area contributed by atoms with Crippen LogP contribution in [0.25, 0.3) is 0 Å². The maximum absolute atomic E-state index is 12.1. The van der Waals surface area contributed by atoms with Crippen molar-refractivity contribution in [2.24, 2.45) is 0 Å². The molecule has 206 valence electrons. The number of anilines is 3. The summed E-state index contributed by atoms with van der Waals surface area (Å²) in [7, 11) is 0. The van der Waals surface area contributed by atoms with Crippen molar-refractivity contribution in [3.05, 3.63) is 126 Å². The fraction of sp³-hybridized carbons (Fsp3) is 0.306. The third kappa shape index (κ3) is 4.46. The van der Waals surface area contributed by atoms with Gasteiger partial charge in [-0.3, -0.25) is 0 Å². The van der Waals surface area contributed by atoms with Gasteiger partial charge in [-0.05, 0) is 68.7 Å². The lowest BCUT2D eigenvalue weighted by Crippen LogP contribution is -2.39. The first kappa shape index (κ1) is 27.5. The summed E-state index contributed by atoms with van der Waals surface area (Å²) in [6, 6.07) is 25.1. The molecule has 3 unspecified atom stereocenters. The number of carboxylic acids is 1. The van der Waals surface area contributed by atoms with E-state index in [1.807, 2.05) is 4.90 Å². The average Bonchev–Trinajstić information content (AvgIpc) is 3.33. The number of nitrogens with zero attached hydrogens (tertiary/aromatic N) is 2. The second-order valence-corrected chi connectivity index (χ2v) is 11.8. The summed E-state index contributed by atoms with van der Waals surface area (Å²) in [6.07, 6.45) is 11.5. The Labute approximate surface area is 239 Å². The Morgan fingerprint density at radius 2 is 1.62 bits per heavy atom. The van der Waals surface area contributed by atoms with Crippen LogP contribution >= 0.6 is 0 Å². The number of carbonyl (C=O) groups is 1. The van der Waals surface area contributed by atoms with Crippen LogP contribution in [0.15, 0.2) is 109 Å². The summed E-state index contributed by atoms with van der Waals surface area (Å²) >= 11 is 0. The smallest absolute Gasteiger partial charge is 0.326 e. The molecular weight excluding hydrogens is 492 g/mol. The van der Waals surface area contributed by atoms with Crippen molar-refractivity contribution in [3.63, 3.8) is 0 Å². The van der Waals surface area contributed by atoms with Crippen molar-refractivity contribution in [1.29, 1.82) is 0 Å². The lowest BCUT2D eigenvalue weighted by molar-refractivity contribution is -0.138. The highest BCUT2D eigenvalue weighted by atomic mass is 16.4. The molecule has 0 aromatic heterocycles. The van der Waals surface area contributed by atoms with Gasteiger partial charge < -0.3 is 14.9 Å². The van der Waals surface area contributed by atoms with Gasteiger partial charge in [-0.2, -0.15) is 0 Å². The molecule has 4 heteroatoms. The zero-order valence-electron chi connectivity index (χ0n) is 24.4. The molecule has 3 aromatic rings. The van der Waals surface area contributed by atoms with E-state index in [0.29, 0.717) is 0 Å². The number of aliphatic carboxylic acids is 1. The quantitative estimate of drug-likeness (QED) is 0.310.